The number of ether oxygens (including phenoxy) is 1. The molecule has 1 aromatic rings. The van der Waals surface area contributed by atoms with Gasteiger partial charge in [0.2, 0.25) is 5.91 Å². The van der Waals surface area contributed by atoms with Crippen molar-refractivity contribution >= 4 is 11.6 Å². The lowest BCUT2D eigenvalue weighted by molar-refractivity contribution is -0.128. The first-order chi connectivity index (χ1) is 10.1. The molecule has 1 atom stereocenters. The minimum atomic E-state index is -0.193. The lowest BCUT2D eigenvalue weighted by Gasteiger charge is -2.38. The van der Waals surface area contributed by atoms with Crippen LogP contribution >= 0.6 is 0 Å². The van der Waals surface area contributed by atoms with Gasteiger partial charge in [0.25, 0.3) is 0 Å². The third-order valence-corrected chi connectivity index (χ3v) is 4.78. The lowest BCUT2D eigenvalue weighted by Crippen LogP contribution is -2.48. The Hall–Kier alpha value is -1.40. The number of rotatable bonds is 4. The molecule has 2 aliphatic heterocycles. The highest BCUT2D eigenvalue weighted by Crippen LogP contribution is 2.41. The van der Waals surface area contributed by atoms with Crippen LogP contribution in [0.15, 0.2) is 12.4 Å². The molecular formula is C15H24N4O2. The Morgan fingerprint density at radius 1 is 1.38 bits per heavy atom. The van der Waals surface area contributed by atoms with Crippen LogP contribution < -0.4 is 4.90 Å². The summed E-state index contributed by atoms with van der Waals surface area (Å²) in [5.41, 5.74) is 0.732. The molecule has 3 rings (SSSR count). The van der Waals surface area contributed by atoms with Gasteiger partial charge in [-0.25, -0.2) is 0 Å². The second-order valence-corrected chi connectivity index (χ2v) is 6.23. The zero-order valence-corrected chi connectivity index (χ0v) is 12.9. The van der Waals surface area contributed by atoms with E-state index in [2.05, 4.69) is 10.00 Å². The average Bonchev–Trinajstić information content (AvgIpc) is 3.03. The molecule has 6 heteroatoms. The molecule has 0 radical (unpaired) electrons. The van der Waals surface area contributed by atoms with Crippen LogP contribution in [0.5, 0.6) is 0 Å². The van der Waals surface area contributed by atoms with E-state index < -0.39 is 0 Å². The van der Waals surface area contributed by atoms with Gasteiger partial charge in [-0.3, -0.25) is 14.4 Å². The average molecular weight is 292 g/mol. The van der Waals surface area contributed by atoms with E-state index in [1.165, 1.54) is 0 Å². The topological polar surface area (TPSA) is 50.6 Å². The van der Waals surface area contributed by atoms with E-state index in [0.717, 1.165) is 57.7 Å². The molecule has 1 amide bonds. The smallest absolute Gasteiger partial charge is 0.234 e. The number of carbonyl (C=O) groups is 1. The number of anilines is 1. The number of piperidine rings is 1. The quantitative estimate of drug-likeness (QED) is 0.827. The number of hydrogen-bond acceptors (Lipinski definition) is 4. The molecule has 2 fully saturated rings. The lowest BCUT2D eigenvalue weighted by atomic mass is 9.78. The van der Waals surface area contributed by atoms with E-state index in [1.807, 2.05) is 18.1 Å². The number of amides is 1. The standard InChI is InChI=1S/C15H24N4O2/c1-17-11-13(10-16-17)19-7-5-15(14(19)20)4-3-6-18(12-15)8-9-21-2/h10-11H,3-9,12H2,1-2H3. The maximum absolute atomic E-state index is 12.9. The maximum Gasteiger partial charge on any atom is 0.234 e. The Morgan fingerprint density at radius 2 is 2.24 bits per heavy atom. The Bertz CT molecular complexity index is 516. The van der Waals surface area contributed by atoms with Crippen LogP contribution in [0.2, 0.25) is 0 Å². The first-order valence-corrected chi connectivity index (χ1v) is 7.66. The Balaban J connectivity index is 1.72. The predicted molar refractivity (Wildman–Crippen MR) is 80.2 cm³/mol. The molecule has 116 valence electrons. The molecule has 1 aromatic heterocycles. The summed E-state index contributed by atoms with van der Waals surface area (Å²) in [5.74, 6) is 0.276. The number of carbonyl (C=O) groups excluding carboxylic acids is 1. The summed E-state index contributed by atoms with van der Waals surface area (Å²) < 4.78 is 6.92. The summed E-state index contributed by atoms with van der Waals surface area (Å²) >= 11 is 0. The molecule has 1 spiro atoms. The van der Waals surface area contributed by atoms with Gasteiger partial charge in [0.15, 0.2) is 0 Å². The van der Waals surface area contributed by atoms with Crippen molar-refractivity contribution in [2.45, 2.75) is 19.3 Å². The van der Waals surface area contributed by atoms with Crippen molar-refractivity contribution in [3.8, 4) is 0 Å². The van der Waals surface area contributed by atoms with Crippen molar-refractivity contribution in [3.05, 3.63) is 12.4 Å². The van der Waals surface area contributed by atoms with E-state index in [1.54, 1.807) is 18.0 Å². The van der Waals surface area contributed by atoms with Gasteiger partial charge in [-0.1, -0.05) is 0 Å². The van der Waals surface area contributed by atoms with Gasteiger partial charge >= 0.3 is 0 Å². The highest BCUT2D eigenvalue weighted by atomic mass is 16.5. The van der Waals surface area contributed by atoms with Crippen LogP contribution in [0.4, 0.5) is 5.69 Å². The number of likely N-dealkylation sites (tertiary alicyclic amines) is 1. The molecule has 0 bridgehead atoms. The number of hydrogen-bond donors (Lipinski definition) is 0. The third kappa shape index (κ3) is 2.70. The normalized spacial score (nSPS) is 27.0. The number of aryl methyl sites for hydroxylation is 1. The van der Waals surface area contributed by atoms with E-state index in [4.69, 9.17) is 4.74 Å². The predicted octanol–water partition coefficient (Wildman–Crippen LogP) is 0.885. The first-order valence-electron chi connectivity index (χ1n) is 7.66. The second kappa shape index (κ2) is 5.77. The van der Waals surface area contributed by atoms with Gasteiger partial charge in [0.1, 0.15) is 0 Å². The van der Waals surface area contributed by atoms with Crippen LogP contribution in [-0.2, 0) is 16.6 Å². The molecule has 3 heterocycles. The molecule has 2 saturated heterocycles. The molecule has 2 aliphatic rings. The first kappa shape index (κ1) is 14.5. The molecule has 0 aromatic carbocycles. The molecular weight excluding hydrogens is 268 g/mol. The van der Waals surface area contributed by atoms with Crippen molar-refractivity contribution in [2.24, 2.45) is 12.5 Å². The summed E-state index contributed by atoms with van der Waals surface area (Å²) in [4.78, 5) is 17.2. The van der Waals surface area contributed by atoms with Gasteiger partial charge in [0.05, 0.1) is 23.9 Å². The van der Waals surface area contributed by atoms with Crippen molar-refractivity contribution in [1.82, 2.24) is 14.7 Å². The Morgan fingerprint density at radius 3 is 2.95 bits per heavy atom. The summed E-state index contributed by atoms with van der Waals surface area (Å²) in [6, 6.07) is 0. The van der Waals surface area contributed by atoms with Crippen molar-refractivity contribution in [1.29, 1.82) is 0 Å². The molecule has 0 aliphatic carbocycles. The third-order valence-electron chi connectivity index (χ3n) is 4.78. The fourth-order valence-corrected chi connectivity index (χ4v) is 3.63. The van der Waals surface area contributed by atoms with Crippen LogP contribution in [0.1, 0.15) is 19.3 Å². The van der Waals surface area contributed by atoms with E-state index in [0.29, 0.717) is 0 Å². The summed E-state index contributed by atoms with van der Waals surface area (Å²) in [7, 11) is 3.61. The summed E-state index contributed by atoms with van der Waals surface area (Å²) in [6.07, 6.45) is 6.75. The van der Waals surface area contributed by atoms with Gasteiger partial charge < -0.3 is 9.64 Å². The zero-order valence-electron chi connectivity index (χ0n) is 12.9. The zero-order chi connectivity index (χ0) is 14.9. The van der Waals surface area contributed by atoms with E-state index in [-0.39, 0.29) is 11.3 Å². The van der Waals surface area contributed by atoms with Crippen LogP contribution in [-0.4, -0.2) is 60.5 Å². The molecule has 1 unspecified atom stereocenters. The van der Waals surface area contributed by atoms with Gasteiger partial charge in [-0.2, -0.15) is 5.10 Å². The fraction of sp³-hybridized carbons (Fsp3) is 0.733. The van der Waals surface area contributed by atoms with Gasteiger partial charge in [-0.15, -0.1) is 0 Å². The molecule has 21 heavy (non-hydrogen) atoms. The monoisotopic (exact) mass is 292 g/mol. The van der Waals surface area contributed by atoms with Crippen LogP contribution in [0, 0.1) is 5.41 Å². The maximum atomic E-state index is 12.9. The number of nitrogens with zero attached hydrogens (tertiary/aromatic N) is 4. The highest BCUT2D eigenvalue weighted by molar-refractivity contribution is 5.99. The minimum absolute atomic E-state index is 0.193. The van der Waals surface area contributed by atoms with Crippen LogP contribution in [0.25, 0.3) is 0 Å². The SMILES string of the molecule is COCCN1CCCC2(CCN(c3cnn(C)c3)C2=O)C1. The largest absolute Gasteiger partial charge is 0.383 e. The van der Waals surface area contributed by atoms with Crippen LogP contribution in [0.3, 0.4) is 0 Å². The van der Waals surface area contributed by atoms with E-state index in [9.17, 15) is 4.79 Å². The van der Waals surface area contributed by atoms with Gasteiger partial charge in [-0.05, 0) is 25.8 Å². The number of aromatic nitrogens is 2. The Kier molecular flexibility index (Phi) is 3.99. The molecule has 0 N–H and O–H groups in total. The Labute approximate surface area is 125 Å². The minimum Gasteiger partial charge on any atom is -0.383 e. The fourth-order valence-electron chi connectivity index (χ4n) is 3.63. The second-order valence-electron chi connectivity index (χ2n) is 6.23. The summed E-state index contributed by atoms with van der Waals surface area (Å²) in [5, 5.41) is 4.18. The van der Waals surface area contributed by atoms with Crippen molar-refractivity contribution < 1.29 is 9.53 Å². The van der Waals surface area contributed by atoms with Crippen molar-refractivity contribution in [2.75, 3.05) is 44.8 Å². The highest BCUT2D eigenvalue weighted by Gasteiger charge is 2.49. The van der Waals surface area contributed by atoms with Gasteiger partial charge in [0, 0.05) is 40.0 Å². The number of methoxy groups -OCH3 is 1. The van der Waals surface area contributed by atoms with Crippen molar-refractivity contribution in [3.63, 3.8) is 0 Å². The van der Waals surface area contributed by atoms with E-state index >= 15 is 0 Å². The summed E-state index contributed by atoms with van der Waals surface area (Å²) in [6.45, 7) is 4.40. The molecule has 0 saturated carbocycles. The molecule has 6 nitrogen and oxygen atoms in total.